The van der Waals surface area contributed by atoms with Crippen LogP contribution < -0.4 is 0 Å². The number of carbonyl (C=O) groups is 1. The molecule has 0 N–H and O–H groups in total. The standard InChI is InChI=1S/C17H26N4O/c1-12(2)10-21-16(13-3-4-13)15(9-18-21)17(22)20-8-7-19-6-5-14(20)11-19/h9,12-14H,3-8,10-11H2,1-2H3. The molecule has 2 atom stereocenters. The van der Waals surface area contributed by atoms with Crippen LogP contribution in [0.1, 0.15) is 55.1 Å². The van der Waals surface area contributed by atoms with E-state index in [-0.39, 0.29) is 5.91 Å². The summed E-state index contributed by atoms with van der Waals surface area (Å²) in [6, 6.07) is 0.418. The molecule has 1 saturated carbocycles. The monoisotopic (exact) mass is 302 g/mol. The molecule has 1 aliphatic carbocycles. The van der Waals surface area contributed by atoms with Gasteiger partial charge in [0, 0.05) is 44.7 Å². The summed E-state index contributed by atoms with van der Waals surface area (Å²) in [5, 5.41) is 4.55. The SMILES string of the molecule is CC(C)Cn1ncc(C(=O)N2CCN3CCC2C3)c1C1CC1. The van der Waals surface area contributed by atoms with Gasteiger partial charge in [-0.1, -0.05) is 13.8 Å². The summed E-state index contributed by atoms with van der Waals surface area (Å²) in [5.41, 5.74) is 2.09. The van der Waals surface area contributed by atoms with Crippen molar-refractivity contribution in [2.75, 3.05) is 26.2 Å². The number of piperazine rings is 1. The molecule has 3 fully saturated rings. The second-order valence-corrected chi connectivity index (χ2v) is 7.54. The van der Waals surface area contributed by atoms with Crippen molar-refractivity contribution in [3.8, 4) is 0 Å². The van der Waals surface area contributed by atoms with E-state index in [1.807, 2.05) is 6.20 Å². The van der Waals surface area contributed by atoms with Crippen molar-refractivity contribution in [1.82, 2.24) is 19.6 Å². The lowest BCUT2D eigenvalue weighted by Gasteiger charge is -2.34. The summed E-state index contributed by atoms with van der Waals surface area (Å²) in [4.78, 5) is 17.7. The number of hydrogen-bond acceptors (Lipinski definition) is 3. The van der Waals surface area contributed by atoms with E-state index < -0.39 is 0 Å². The normalized spacial score (nSPS) is 27.7. The minimum atomic E-state index is 0.225. The molecular formula is C17H26N4O. The quantitative estimate of drug-likeness (QED) is 0.853. The Labute approximate surface area is 132 Å². The Kier molecular flexibility index (Phi) is 3.48. The average Bonchev–Trinajstić information content (AvgIpc) is 3.15. The first-order chi connectivity index (χ1) is 10.6. The zero-order valence-corrected chi connectivity index (χ0v) is 13.7. The third-order valence-corrected chi connectivity index (χ3v) is 5.22. The van der Waals surface area contributed by atoms with Crippen LogP contribution in [0.5, 0.6) is 0 Å². The van der Waals surface area contributed by atoms with Crippen LogP contribution in [0, 0.1) is 5.92 Å². The smallest absolute Gasteiger partial charge is 0.257 e. The molecular weight excluding hydrogens is 276 g/mol. The summed E-state index contributed by atoms with van der Waals surface area (Å²) in [6.07, 6.45) is 5.38. The summed E-state index contributed by atoms with van der Waals surface area (Å²) in [7, 11) is 0. The zero-order valence-electron chi connectivity index (χ0n) is 13.7. The van der Waals surface area contributed by atoms with E-state index in [2.05, 4.69) is 33.4 Å². The van der Waals surface area contributed by atoms with E-state index in [9.17, 15) is 4.79 Å². The first-order valence-electron chi connectivity index (χ1n) is 8.72. The van der Waals surface area contributed by atoms with Gasteiger partial charge in [-0.2, -0.15) is 5.10 Å². The third-order valence-electron chi connectivity index (χ3n) is 5.22. The Morgan fingerprint density at radius 1 is 1.27 bits per heavy atom. The predicted molar refractivity (Wildman–Crippen MR) is 84.9 cm³/mol. The molecule has 5 heteroatoms. The van der Waals surface area contributed by atoms with Gasteiger partial charge in [-0.05, 0) is 25.2 Å². The maximum Gasteiger partial charge on any atom is 0.257 e. The van der Waals surface area contributed by atoms with Crippen LogP contribution >= 0.6 is 0 Å². The molecule has 1 aromatic heterocycles. The van der Waals surface area contributed by atoms with Gasteiger partial charge in [-0.3, -0.25) is 14.4 Å². The lowest BCUT2D eigenvalue weighted by atomic mass is 10.1. The minimum Gasteiger partial charge on any atom is -0.333 e. The van der Waals surface area contributed by atoms with Crippen LogP contribution in [0.4, 0.5) is 0 Å². The number of rotatable bonds is 4. The lowest BCUT2D eigenvalue weighted by Crippen LogP contribution is -2.49. The molecule has 0 spiro atoms. The molecule has 1 amide bonds. The first kappa shape index (κ1) is 14.2. The molecule has 22 heavy (non-hydrogen) atoms. The molecule has 3 aliphatic rings. The highest BCUT2D eigenvalue weighted by Gasteiger charge is 2.39. The summed E-state index contributed by atoms with van der Waals surface area (Å²) in [6.45, 7) is 9.44. The number of carbonyl (C=O) groups excluding carboxylic acids is 1. The predicted octanol–water partition coefficient (Wildman–Crippen LogP) is 1.95. The average molecular weight is 302 g/mol. The van der Waals surface area contributed by atoms with Gasteiger partial charge in [-0.15, -0.1) is 0 Å². The highest BCUT2D eigenvalue weighted by Crippen LogP contribution is 2.42. The van der Waals surface area contributed by atoms with Crippen LogP contribution in [0.2, 0.25) is 0 Å². The molecule has 2 unspecified atom stereocenters. The number of amides is 1. The van der Waals surface area contributed by atoms with Crippen molar-refractivity contribution in [2.45, 2.75) is 51.6 Å². The van der Waals surface area contributed by atoms with Crippen molar-refractivity contribution >= 4 is 5.91 Å². The summed E-state index contributed by atoms with van der Waals surface area (Å²) in [5.74, 6) is 1.34. The highest BCUT2D eigenvalue weighted by atomic mass is 16.2. The van der Waals surface area contributed by atoms with Crippen molar-refractivity contribution in [2.24, 2.45) is 5.92 Å². The van der Waals surface area contributed by atoms with Crippen LogP contribution in [-0.2, 0) is 6.54 Å². The molecule has 5 nitrogen and oxygen atoms in total. The lowest BCUT2D eigenvalue weighted by molar-refractivity contribution is 0.0608. The topological polar surface area (TPSA) is 41.4 Å². The summed E-state index contributed by atoms with van der Waals surface area (Å²) < 4.78 is 2.10. The van der Waals surface area contributed by atoms with Crippen LogP contribution in [-0.4, -0.2) is 57.7 Å². The van der Waals surface area contributed by atoms with Gasteiger partial charge in [-0.25, -0.2) is 0 Å². The number of fused-ring (bicyclic) bond motifs is 2. The molecule has 3 heterocycles. The Balaban J connectivity index is 1.61. The maximum absolute atomic E-state index is 13.1. The van der Waals surface area contributed by atoms with Gasteiger partial charge in [0.25, 0.3) is 5.91 Å². The van der Waals surface area contributed by atoms with Gasteiger partial charge in [0.2, 0.25) is 0 Å². The molecule has 4 rings (SSSR count). The van der Waals surface area contributed by atoms with E-state index in [1.54, 1.807) is 0 Å². The first-order valence-corrected chi connectivity index (χ1v) is 8.72. The van der Waals surface area contributed by atoms with Gasteiger partial charge < -0.3 is 4.90 Å². The van der Waals surface area contributed by atoms with Crippen LogP contribution in [0.15, 0.2) is 6.20 Å². The van der Waals surface area contributed by atoms with Gasteiger partial charge in [0.15, 0.2) is 0 Å². The van der Waals surface area contributed by atoms with Gasteiger partial charge in [0.05, 0.1) is 17.5 Å². The molecule has 0 aromatic carbocycles. The van der Waals surface area contributed by atoms with E-state index in [0.29, 0.717) is 17.9 Å². The van der Waals surface area contributed by atoms with Crippen molar-refractivity contribution < 1.29 is 4.79 Å². The molecule has 1 aromatic rings. The van der Waals surface area contributed by atoms with E-state index in [4.69, 9.17) is 0 Å². The van der Waals surface area contributed by atoms with E-state index in [1.165, 1.54) is 18.5 Å². The zero-order chi connectivity index (χ0) is 15.3. The van der Waals surface area contributed by atoms with E-state index in [0.717, 1.165) is 44.7 Å². The molecule has 120 valence electrons. The van der Waals surface area contributed by atoms with Crippen molar-refractivity contribution in [1.29, 1.82) is 0 Å². The Bertz CT molecular complexity index is 575. The van der Waals surface area contributed by atoms with Crippen LogP contribution in [0.3, 0.4) is 0 Å². The molecule has 2 bridgehead atoms. The van der Waals surface area contributed by atoms with Gasteiger partial charge >= 0.3 is 0 Å². The Morgan fingerprint density at radius 2 is 2.09 bits per heavy atom. The van der Waals surface area contributed by atoms with Crippen LogP contribution in [0.25, 0.3) is 0 Å². The number of aromatic nitrogens is 2. The molecule has 2 aliphatic heterocycles. The van der Waals surface area contributed by atoms with Crippen molar-refractivity contribution in [3.63, 3.8) is 0 Å². The Morgan fingerprint density at radius 3 is 2.82 bits per heavy atom. The summed E-state index contributed by atoms with van der Waals surface area (Å²) >= 11 is 0. The fraction of sp³-hybridized carbons (Fsp3) is 0.765. The fourth-order valence-corrected chi connectivity index (χ4v) is 3.96. The number of nitrogens with zero attached hydrogens (tertiary/aromatic N) is 4. The third kappa shape index (κ3) is 2.45. The Hall–Kier alpha value is -1.36. The maximum atomic E-state index is 13.1. The highest BCUT2D eigenvalue weighted by molar-refractivity contribution is 5.95. The van der Waals surface area contributed by atoms with E-state index >= 15 is 0 Å². The largest absolute Gasteiger partial charge is 0.333 e. The van der Waals surface area contributed by atoms with Gasteiger partial charge in [0.1, 0.15) is 0 Å². The number of hydrogen-bond donors (Lipinski definition) is 0. The second kappa shape index (κ2) is 5.37. The molecule has 0 radical (unpaired) electrons. The minimum absolute atomic E-state index is 0.225. The fourth-order valence-electron chi connectivity index (χ4n) is 3.96. The van der Waals surface area contributed by atoms with Crippen molar-refractivity contribution in [3.05, 3.63) is 17.5 Å². The second-order valence-electron chi connectivity index (χ2n) is 7.54. The molecule has 2 saturated heterocycles.